The fourth-order valence-electron chi connectivity index (χ4n) is 0.961. The molecular formula is C9H12FN3O. The van der Waals surface area contributed by atoms with Gasteiger partial charge in [-0.25, -0.2) is 4.39 Å². The maximum absolute atomic E-state index is 12.6. The van der Waals surface area contributed by atoms with Crippen LogP contribution in [0, 0.1) is 5.82 Å². The SMILES string of the molecule is CNC(=O)CNCc1cncc(F)c1. The van der Waals surface area contributed by atoms with Gasteiger partial charge in [0, 0.05) is 19.8 Å². The van der Waals surface area contributed by atoms with Gasteiger partial charge < -0.3 is 10.6 Å². The number of rotatable bonds is 4. The van der Waals surface area contributed by atoms with E-state index in [1.54, 1.807) is 13.2 Å². The van der Waals surface area contributed by atoms with Crippen LogP contribution in [0.2, 0.25) is 0 Å². The Labute approximate surface area is 81.5 Å². The Morgan fingerprint density at radius 1 is 1.57 bits per heavy atom. The summed E-state index contributed by atoms with van der Waals surface area (Å²) < 4.78 is 12.6. The molecule has 76 valence electrons. The zero-order valence-corrected chi connectivity index (χ0v) is 7.88. The molecule has 0 fully saturated rings. The summed E-state index contributed by atoms with van der Waals surface area (Å²) in [5, 5.41) is 5.33. The van der Waals surface area contributed by atoms with Crippen LogP contribution in [0.25, 0.3) is 0 Å². The van der Waals surface area contributed by atoms with E-state index in [1.165, 1.54) is 6.07 Å². The number of hydrogen-bond acceptors (Lipinski definition) is 3. The minimum atomic E-state index is -0.371. The van der Waals surface area contributed by atoms with Crippen molar-refractivity contribution >= 4 is 5.91 Å². The fraction of sp³-hybridized carbons (Fsp3) is 0.333. The van der Waals surface area contributed by atoms with Gasteiger partial charge in [-0.3, -0.25) is 9.78 Å². The first-order valence-electron chi connectivity index (χ1n) is 4.23. The summed E-state index contributed by atoms with van der Waals surface area (Å²) in [6.45, 7) is 0.644. The second kappa shape index (κ2) is 5.29. The lowest BCUT2D eigenvalue weighted by atomic mass is 10.3. The summed E-state index contributed by atoms with van der Waals surface area (Å²) in [5.41, 5.74) is 0.717. The predicted molar refractivity (Wildman–Crippen MR) is 50.0 cm³/mol. The number of likely N-dealkylation sites (N-methyl/N-ethyl adjacent to an activating group) is 1. The highest BCUT2D eigenvalue weighted by atomic mass is 19.1. The summed E-state index contributed by atoms with van der Waals surface area (Å²) >= 11 is 0. The van der Waals surface area contributed by atoms with Crippen LogP contribution in [-0.2, 0) is 11.3 Å². The van der Waals surface area contributed by atoms with Gasteiger partial charge in [-0.2, -0.15) is 0 Å². The van der Waals surface area contributed by atoms with E-state index >= 15 is 0 Å². The Morgan fingerprint density at radius 2 is 2.36 bits per heavy atom. The molecule has 0 unspecified atom stereocenters. The number of pyridine rings is 1. The molecule has 4 nitrogen and oxygen atoms in total. The lowest BCUT2D eigenvalue weighted by Crippen LogP contribution is -2.30. The Morgan fingerprint density at radius 3 is 3.00 bits per heavy atom. The van der Waals surface area contributed by atoms with Crippen LogP contribution >= 0.6 is 0 Å². The normalized spacial score (nSPS) is 9.86. The second-order valence-electron chi connectivity index (χ2n) is 2.79. The van der Waals surface area contributed by atoms with E-state index in [2.05, 4.69) is 15.6 Å². The van der Waals surface area contributed by atoms with Crippen molar-refractivity contribution < 1.29 is 9.18 Å². The first-order chi connectivity index (χ1) is 6.72. The third-order valence-corrected chi connectivity index (χ3v) is 1.66. The minimum absolute atomic E-state index is 0.102. The molecule has 14 heavy (non-hydrogen) atoms. The molecule has 0 aliphatic carbocycles. The Bertz CT molecular complexity index is 317. The van der Waals surface area contributed by atoms with Crippen LogP contribution in [0.4, 0.5) is 4.39 Å². The largest absolute Gasteiger partial charge is 0.358 e. The number of nitrogens with one attached hydrogen (secondary N) is 2. The van der Waals surface area contributed by atoms with Crippen molar-refractivity contribution in [1.82, 2.24) is 15.6 Å². The number of amides is 1. The maximum atomic E-state index is 12.6. The third kappa shape index (κ3) is 3.49. The van der Waals surface area contributed by atoms with Gasteiger partial charge in [-0.1, -0.05) is 0 Å². The summed E-state index contributed by atoms with van der Waals surface area (Å²) in [7, 11) is 1.56. The molecule has 0 saturated heterocycles. The third-order valence-electron chi connectivity index (χ3n) is 1.66. The van der Waals surface area contributed by atoms with Gasteiger partial charge in [0.05, 0.1) is 12.7 Å². The molecule has 1 amide bonds. The highest BCUT2D eigenvalue weighted by Crippen LogP contribution is 1.99. The van der Waals surface area contributed by atoms with E-state index < -0.39 is 0 Å². The zero-order chi connectivity index (χ0) is 10.4. The molecule has 0 spiro atoms. The van der Waals surface area contributed by atoms with Crippen LogP contribution < -0.4 is 10.6 Å². The molecule has 0 saturated carbocycles. The van der Waals surface area contributed by atoms with E-state index in [-0.39, 0.29) is 18.3 Å². The van der Waals surface area contributed by atoms with Crippen LogP contribution in [0.5, 0.6) is 0 Å². The molecule has 1 aromatic heterocycles. The van der Waals surface area contributed by atoms with Crippen LogP contribution in [-0.4, -0.2) is 24.5 Å². The second-order valence-corrected chi connectivity index (χ2v) is 2.79. The number of aromatic nitrogens is 1. The van der Waals surface area contributed by atoms with Crippen molar-refractivity contribution in [3.8, 4) is 0 Å². The Balaban J connectivity index is 2.35. The Hall–Kier alpha value is -1.49. The first-order valence-corrected chi connectivity index (χ1v) is 4.23. The highest BCUT2D eigenvalue weighted by Gasteiger charge is 1.98. The van der Waals surface area contributed by atoms with Crippen molar-refractivity contribution in [2.75, 3.05) is 13.6 Å². The molecular weight excluding hydrogens is 185 g/mol. The number of halogens is 1. The number of carbonyl (C=O) groups excluding carboxylic acids is 1. The van der Waals surface area contributed by atoms with Crippen molar-refractivity contribution in [1.29, 1.82) is 0 Å². The smallest absolute Gasteiger partial charge is 0.233 e. The first kappa shape index (κ1) is 10.6. The molecule has 0 bridgehead atoms. The van der Waals surface area contributed by atoms with E-state index in [9.17, 15) is 9.18 Å². The summed E-state index contributed by atoms with van der Waals surface area (Å²) in [6, 6.07) is 1.38. The molecule has 0 aliphatic heterocycles. The minimum Gasteiger partial charge on any atom is -0.358 e. The molecule has 1 heterocycles. The highest BCUT2D eigenvalue weighted by molar-refractivity contribution is 5.77. The topological polar surface area (TPSA) is 54.0 Å². The molecule has 0 atom stereocenters. The van der Waals surface area contributed by atoms with Crippen molar-refractivity contribution in [2.45, 2.75) is 6.54 Å². The van der Waals surface area contributed by atoms with Gasteiger partial charge >= 0.3 is 0 Å². The molecule has 5 heteroatoms. The summed E-state index contributed by atoms with van der Waals surface area (Å²) in [5.74, 6) is -0.474. The van der Waals surface area contributed by atoms with Gasteiger partial charge in [0.2, 0.25) is 5.91 Å². The molecule has 2 N–H and O–H groups in total. The van der Waals surface area contributed by atoms with E-state index in [4.69, 9.17) is 0 Å². The van der Waals surface area contributed by atoms with Crippen molar-refractivity contribution in [2.24, 2.45) is 0 Å². The van der Waals surface area contributed by atoms with Gasteiger partial charge in [0.25, 0.3) is 0 Å². The van der Waals surface area contributed by atoms with E-state index in [0.717, 1.165) is 6.20 Å². The maximum Gasteiger partial charge on any atom is 0.233 e. The lowest BCUT2D eigenvalue weighted by molar-refractivity contribution is -0.119. The molecule has 1 rings (SSSR count). The standard InChI is InChI=1S/C9H12FN3O/c1-11-9(14)6-13-4-7-2-8(10)5-12-3-7/h2-3,5,13H,4,6H2,1H3,(H,11,14). The van der Waals surface area contributed by atoms with Gasteiger partial charge in [0.15, 0.2) is 0 Å². The zero-order valence-electron chi connectivity index (χ0n) is 7.88. The Kier molecular flexibility index (Phi) is 4.00. The fourth-order valence-corrected chi connectivity index (χ4v) is 0.961. The monoisotopic (exact) mass is 197 g/mol. The lowest BCUT2D eigenvalue weighted by Gasteiger charge is -2.03. The molecule has 0 aliphatic rings. The van der Waals surface area contributed by atoms with E-state index in [1.807, 2.05) is 0 Å². The van der Waals surface area contributed by atoms with Gasteiger partial charge in [0.1, 0.15) is 5.82 Å². The van der Waals surface area contributed by atoms with Crippen molar-refractivity contribution in [3.63, 3.8) is 0 Å². The average molecular weight is 197 g/mol. The predicted octanol–water partition coefficient (Wildman–Crippen LogP) is 0.0563. The van der Waals surface area contributed by atoms with Crippen LogP contribution in [0.3, 0.4) is 0 Å². The number of hydrogen-bond donors (Lipinski definition) is 2. The average Bonchev–Trinajstić information content (AvgIpc) is 2.17. The van der Waals surface area contributed by atoms with E-state index in [0.29, 0.717) is 12.1 Å². The van der Waals surface area contributed by atoms with Gasteiger partial charge in [-0.15, -0.1) is 0 Å². The number of nitrogens with zero attached hydrogens (tertiary/aromatic N) is 1. The van der Waals surface area contributed by atoms with Gasteiger partial charge in [-0.05, 0) is 11.6 Å². The molecule has 1 aromatic rings. The van der Waals surface area contributed by atoms with Crippen LogP contribution in [0.15, 0.2) is 18.5 Å². The molecule has 0 aromatic carbocycles. The summed E-state index contributed by atoms with van der Waals surface area (Å²) in [6.07, 6.45) is 2.70. The van der Waals surface area contributed by atoms with Crippen LogP contribution in [0.1, 0.15) is 5.56 Å². The summed E-state index contributed by atoms with van der Waals surface area (Å²) in [4.78, 5) is 14.5. The molecule has 0 radical (unpaired) electrons. The quantitative estimate of drug-likeness (QED) is 0.717. The van der Waals surface area contributed by atoms with Crippen molar-refractivity contribution in [3.05, 3.63) is 29.8 Å². The number of carbonyl (C=O) groups is 1.